The number of fused-ring (bicyclic) bond motifs is 1. The highest BCUT2D eigenvalue weighted by Crippen LogP contribution is 2.26. The highest BCUT2D eigenvalue weighted by Gasteiger charge is 2.11. The molecule has 156 valence electrons. The molecule has 1 aromatic heterocycles. The molecule has 0 amide bonds. The minimum absolute atomic E-state index is 0.0906. The molecule has 0 aliphatic carbocycles. The van der Waals surface area contributed by atoms with Crippen molar-refractivity contribution in [3.8, 4) is 17.2 Å². The van der Waals surface area contributed by atoms with Crippen LogP contribution in [0.5, 0.6) is 17.2 Å². The van der Waals surface area contributed by atoms with Crippen molar-refractivity contribution >= 4 is 17.1 Å². The van der Waals surface area contributed by atoms with Gasteiger partial charge in [0.2, 0.25) is 0 Å². The molecule has 0 saturated carbocycles. The minimum Gasteiger partial charge on any atom is -0.493 e. The molecule has 0 N–H and O–H groups in total. The van der Waals surface area contributed by atoms with Crippen LogP contribution in [0.25, 0.3) is 10.9 Å². The fourth-order valence-corrected chi connectivity index (χ4v) is 3.10. The van der Waals surface area contributed by atoms with E-state index in [0.717, 1.165) is 5.56 Å². The Bertz CT molecular complexity index is 1280. The van der Waals surface area contributed by atoms with Gasteiger partial charge in [-0.05, 0) is 48.0 Å². The number of hydrogen-bond donors (Lipinski definition) is 0. The van der Waals surface area contributed by atoms with Crippen LogP contribution in [0, 0.1) is 0 Å². The second-order valence-electron chi connectivity index (χ2n) is 6.62. The number of nitrogens with zero attached hydrogens (tertiary/aromatic N) is 3. The minimum atomic E-state index is -0.269. The van der Waals surface area contributed by atoms with Crippen LogP contribution >= 0.6 is 0 Å². The predicted molar refractivity (Wildman–Crippen MR) is 119 cm³/mol. The zero-order chi connectivity index (χ0) is 21.6. The molecule has 3 aromatic carbocycles. The molecular weight excluding hydrogens is 394 g/mol. The van der Waals surface area contributed by atoms with Crippen molar-refractivity contribution in [2.75, 3.05) is 14.2 Å². The Kier molecular flexibility index (Phi) is 5.93. The maximum Gasteiger partial charge on any atom is 0.282 e. The summed E-state index contributed by atoms with van der Waals surface area (Å²) < 4.78 is 17.7. The summed E-state index contributed by atoms with van der Waals surface area (Å²) in [5.74, 6) is 2.26. The van der Waals surface area contributed by atoms with Crippen molar-refractivity contribution < 1.29 is 14.2 Å². The van der Waals surface area contributed by atoms with E-state index in [0.29, 0.717) is 34.0 Å². The maximum atomic E-state index is 13.1. The number of benzene rings is 3. The highest BCUT2D eigenvalue weighted by atomic mass is 16.5. The van der Waals surface area contributed by atoms with Crippen molar-refractivity contribution in [1.82, 2.24) is 9.66 Å². The van der Waals surface area contributed by atoms with Gasteiger partial charge < -0.3 is 14.2 Å². The fraction of sp³-hybridized carbons (Fsp3) is 0.125. The molecule has 0 fully saturated rings. The SMILES string of the molecule is COc1ccc(/C=N/n2c(COc3ccccc3)nc3ccccc3c2=O)cc1OC. The number of methoxy groups -OCH3 is 2. The van der Waals surface area contributed by atoms with Crippen molar-refractivity contribution in [2.45, 2.75) is 6.61 Å². The molecule has 7 heteroatoms. The summed E-state index contributed by atoms with van der Waals surface area (Å²) in [5.41, 5.74) is 1.07. The standard InChI is InChI=1S/C24H21N3O4/c1-29-21-13-12-17(14-22(21)30-2)15-25-27-23(16-31-18-8-4-3-5-9-18)26-20-11-7-6-10-19(20)24(27)28/h3-15H,16H2,1-2H3/b25-15+. The average Bonchev–Trinajstić information content (AvgIpc) is 2.82. The van der Waals surface area contributed by atoms with E-state index < -0.39 is 0 Å². The third-order valence-electron chi connectivity index (χ3n) is 4.66. The summed E-state index contributed by atoms with van der Waals surface area (Å²) in [6.07, 6.45) is 1.58. The van der Waals surface area contributed by atoms with Gasteiger partial charge >= 0.3 is 0 Å². The molecule has 31 heavy (non-hydrogen) atoms. The Morgan fingerprint density at radius 1 is 0.935 bits per heavy atom. The summed E-state index contributed by atoms with van der Waals surface area (Å²) in [4.78, 5) is 17.7. The molecule has 0 aliphatic rings. The van der Waals surface area contributed by atoms with Crippen LogP contribution in [0.2, 0.25) is 0 Å². The lowest BCUT2D eigenvalue weighted by Crippen LogP contribution is -2.23. The van der Waals surface area contributed by atoms with Gasteiger partial charge in [-0.15, -0.1) is 0 Å². The van der Waals surface area contributed by atoms with E-state index in [9.17, 15) is 4.79 Å². The van der Waals surface area contributed by atoms with Crippen LogP contribution in [0.1, 0.15) is 11.4 Å². The molecule has 4 aromatic rings. The number of ether oxygens (including phenoxy) is 3. The number of hydrogen-bond acceptors (Lipinski definition) is 6. The summed E-state index contributed by atoms with van der Waals surface area (Å²) >= 11 is 0. The van der Waals surface area contributed by atoms with Gasteiger partial charge in [0.05, 0.1) is 31.3 Å². The van der Waals surface area contributed by atoms with E-state index in [1.807, 2.05) is 42.5 Å². The van der Waals surface area contributed by atoms with E-state index >= 15 is 0 Å². The molecule has 0 aliphatic heterocycles. The zero-order valence-electron chi connectivity index (χ0n) is 17.2. The van der Waals surface area contributed by atoms with Gasteiger partial charge in [0.15, 0.2) is 17.3 Å². The molecule has 0 unspecified atom stereocenters. The Morgan fingerprint density at radius 2 is 1.68 bits per heavy atom. The maximum absolute atomic E-state index is 13.1. The van der Waals surface area contributed by atoms with Crippen LogP contribution < -0.4 is 19.8 Å². The smallest absolute Gasteiger partial charge is 0.282 e. The number of rotatable bonds is 7. The van der Waals surface area contributed by atoms with Gasteiger partial charge in [0, 0.05) is 0 Å². The van der Waals surface area contributed by atoms with Gasteiger partial charge in [0.1, 0.15) is 12.4 Å². The summed E-state index contributed by atoms with van der Waals surface area (Å²) in [6, 6.07) is 21.9. The second kappa shape index (κ2) is 9.13. The summed E-state index contributed by atoms with van der Waals surface area (Å²) in [6.45, 7) is 0.0906. The predicted octanol–water partition coefficient (Wildman–Crippen LogP) is 3.87. The van der Waals surface area contributed by atoms with Gasteiger partial charge in [0.25, 0.3) is 5.56 Å². The zero-order valence-corrected chi connectivity index (χ0v) is 17.2. The first-order valence-corrected chi connectivity index (χ1v) is 9.64. The van der Waals surface area contributed by atoms with E-state index in [-0.39, 0.29) is 12.2 Å². The largest absolute Gasteiger partial charge is 0.493 e. The Morgan fingerprint density at radius 3 is 2.45 bits per heavy atom. The molecule has 0 radical (unpaired) electrons. The topological polar surface area (TPSA) is 74.9 Å². The van der Waals surface area contributed by atoms with Crippen LogP contribution in [-0.2, 0) is 6.61 Å². The molecule has 0 atom stereocenters. The van der Waals surface area contributed by atoms with Crippen LogP contribution in [-0.4, -0.2) is 30.1 Å². The first-order valence-electron chi connectivity index (χ1n) is 9.64. The molecule has 0 bridgehead atoms. The molecular formula is C24H21N3O4. The van der Waals surface area contributed by atoms with E-state index in [1.54, 1.807) is 50.8 Å². The van der Waals surface area contributed by atoms with E-state index in [2.05, 4.69) is 10.1 Å². The van der Waals surface area contributed by atoms with Gasteiger partial charge in [-0.2, -0.15) is 9.78 Å². The third-order valence-corrected chi connectivity index (χ3v) is 4.66. The molecule has 4 rings (SSSR count). The highest BCUT2D eigenvalue weighted by molar-refractivity contribution is 5.81. The normalized spacial score (nSPS) is 11.0. The Labute approximate surface area is 179 Å². The Hall–Kier alpha value is -4.13. The van der Waals surface area contributed by atoms with Gasteiger partial charge in [-0.25, -0.2) is 4.98 Å². The Balaban J connectivity index is 1.73. The van der Waals surface area contributed by atoms with E-state index in [1.165, 1.54) is 4.68 Å². The second-order valence-corrected chi connectivity index (χ2v) is 6.62. The average molecular weight is 415 g/mol. The van der Waals surface area contributed by atoms with Crippen molar-refractivity contribution in [1.29, 1.82) is 0 Å². The first-order chi connectivity index (χ1) is 15.2. The lowest BCUT2D eigenvalue weighted by Gasteiger charge is -2.11. The van der Waals surface area contributed by atoms with Crippen molar-refractivity contribution in [3.05, 3.63) is 94.5 Å². The van der Waals surface area contributed by atoms with Crippen LogP contribution in [0.4, 0.5) is 0 Å². The molecule has 1 heterocycles. The summed E-state index contributed by atoms with van der Waals surface area (Å²) in [7, 11) is 3.14. The lowest BCUT2D eigenvalue weighted by atomic mass is 10.2. The fourth-order valence-electron chi connectivity index (χ4n) is 3.10. The van der Waals surface area contributed by atoms with Crippen LogP contribution in [0.3, 0.4) is 0 Å². The number of aromatic nitrogens is 2. The monoisotopic (exact) mass is 415 g/mol. The first kappa shape index (κ1) is 20.2. The van der Waals surface area contributed by atoms with Gasteiger partial charge in [-0.3, -0.25) is 4.79 Å². The van der Waals surface area contributed by atoms with Crippen molar-refractivity contribution in [2.24, 2.45) is 5.10 Å². The quantitative estimate of drug-likeness (QED) is 0.428. The van der Waals surface area contributed by atoms with Crippen LogP contribution in [0.15, 0.2) is 82.7 Å². The number of para-hydroxylation sites is 2. The third kappa shape index (κ3) is 4.40. The van der Waals surface area contributed by atoms with Crippen molar-refractivity contribution in [3.63, 3.8) is 0 Å². The molecule has 0 spiro atoms. The molecule has 0 saturated heterocycles. The summed E-state index contributed by atoms with van der Waals surface area (Å²) in [5, 5.41) is 4.89. The molecule has 7 nitrogen and oxygen atoms in total. The van der Waals surface area contributed by atoms with E-state index in [4.69, 9.17) is 14.2 Å². The lowest BCUT2D eigenvalue weighted by molar-refractivity contribution is 0.289. The van der Waals surface area contributed by atoms with Gasteiger partial charge in [-0.1, -0.05) is 30.3 Å².